The molecule has 0 saturated heterocycles. The molecule has 0 aliphatic heterocycles. The number of rotatable bonds is 6. The smallest absolute Gasteiger partial charge is 0.235 e. The molecule has 0 fully saturated rings. The topological polar surface area (TPSA) is 35.6 Å². The molecule has 5 heteroatoms. The predicted octanol–water partition coefficient (Wildman–Crippen LogP) is 15.7. The molecule has 0 saturated carbocycles. The first-order valence-electron chi connectivity index (χ1n) is 21.3. The van der Waals surface area contributed by atoms with Crippen LogP contribution in [0.1, 0.15) is 0 Å². The zero-order valence-electron chi connectivity index (χ0n) is 34.0. The van der Waals surface area contributed by atoms with Gasteiger partial charge in [-0.05, 0) is 82.9 Å². The van der Waals surface area contributed by atoms with E-state index in [2.05, 4.69) is 215 Å². The van der Waals surface area contributed by atoms with Crippen LogP contribution >= 0.6 is 11.3 Å². The lowest BCUT2D eigenvalue weighted by atomic mass is 10.0. The summed E-state index contributed by atoms with van der Waals surface area (Å²) in [5.41, 5.74) is 14.4. The predicted molar refractivity (Wildman–Crippen MR) is 265 cm³/mol. The van der Waals surface area contributed by atoms with Crippen LogP contribution in [0.2, 0.25) is 0 Å². The summed E-state index contributed by atoms with van der Waals surface area (Å²) < 4.78 is 7.28. The van der Waals surface area contributed by atoms with Crippen LogP contribution in [0.3, 0.4) is 0 Å². The molecule has 0 radical (unpaired) electrons. The standard InChI is InChI=1S/C58H36N4S/c1-3-14-38(15-4-1)50-36-51(39-16-5-2-6-17-39)60-58(59-50)62-53-24-11-8-19-45(53)49-35-41(29-33-55(49)62)40-28-32-54-48(34-40)44-18-7-10-23-52(44)61(54)42-30-26-37(27-31-42)43-21-13-22-47-46-20-9-12-25-56(46)63-57(43)47/h1-36H. The van der Waals surface area contributed by atoms with E-state index in [1.165, 1.54) is 58.7 Å². The maximum absolute atomic E-state index is 5.23. The molecule has 4 nitrogen and oxygen atoms in total. The third kappa shape index (κ3) is 5.74. The van der Waals surface area contributed by atoms with Gasteiger partial charge in [-0.15, -0.1) is 11.3 Å². The van der Waals surface area contributed by atoms with E-state index in [1.54, 1.807) is 0 Å². The molecule has 0 N–H and O–H groups in total. The summed E-state index contributed by atoms with van der Waals surface area (Å²) in [5.74, 6) is 0.647. The van der Waals surface area contributed by atoms with Crippen molar-refractivity contribution >= 4 is 75.1 Å². The van der Waals surface area contributed by atoms with E-state index in [0.29, 0.717) is 5.95 Å². The molecule has 4 heterocycles. The number of thiophene rings is 1. The van der Waals surface area contributed by atoms with Crippen molar-refractivity contribution in [3.05, 3.63) is 218 Å². The Hall–Kier alpha value is -8.12. The van der Waals surface area contributed by atoms with Crippen molar-refractivity contribution in [2.24, 2.45) is 0 Å². The van der Waals surface area contributed by atoms with Crippen LogP contribution in [0, 0.1) is 0 Å². The van der Waals surface area contributed by atoms with E-state index in [0.717, 1.165) is 55.6 Å². The highest BCUT2D eigenvalue weighted by atomic mass is 32.1. The van der Waals surface area contributed by atoms with Crippen LogP contribution in [0.25, 0.3) is 120 Å². The fourth-order valence-corrected chi connectivity index (χ4v) is 10.8. The first kappa shape index (κ1) is 35.6. The summed E-state index contributed by atoms with van der Waals surface area (Å²) in [5, 5.41) is 7.42. The Labute approximate surface area is 367 Å². The summed E-state index contributed by atoms with van der Waals surface area (Å²) in [4.78, 5) is 10.5. The number of nitrogens with zero attached hydrogens (tertiary/aromatic N) is 4. The highest BCUT2D eigenvalue weighted by Gasteiger charge is 2.19. The van der Waals surface area contributed by atoms with Gasteiger partial charge < -0.3 is 4.57 Å². The molecule has 0 spiro atoms. The highest BCUT2D eigenvalue weighted by molar-refractivity contribution is 7.26. The van der Waals surface area contributed by atoms with Gasteiger partial charge in [0.2, 0.25) is 5.95 Å². The second kappa shape index (κ2) is 14.2. The van der Waals surface area contributed by atoms with Gasteiger partial charge in [-0.1, -0.05) is 158 Å². The second-order valence-corrected chi connectivity index (χ2v) is 17.2. The van der Waals surface area contributed by atoms with Crippen molar-refractivity contribution in [1.29, 1.82) is 0 Å². The molecule has 0 atom stereocenters. The Kier molecular flexibility index (Phi) is 8.05. The van der Waals surface area contributed by atoms with Crippen LogP contribution in [0.4, 0.5) is 0 Å². The highest BCUT2D eigenvalue weighted by Crippen LogP contribution is 2.42. The third-order valence-electron chi connectivity index (χ3n) is 12.6. The molecule has 0 bridgehead atoms. The Morgan fingerprint density at radius 3 is 1.44 bits per heavy atom. The van der Waals surface area contributed by atoms with Gasteiger partial charge in [0.25, 0.3) is 0 Å². The minimum atomic E-state index is 0.647. The Balaban J connectivity index is 0.925. The van der Waals surface area contributed by atoms with Gasteiger partial charge in [0, 0.05) is 58.5 Å². The average Bonchev–Trinajstić information content (AvgIpc) is 4.02. The fraction of sp³-hybridized carbons (Fsp3) is 0. The molecule has 0 amide bonds. The van der Waals surface area contributed by atoms with Gasteiger partial charge >= 0.3 is 0 Å². The first-order valence-corrected chi connectivity index (χ1v) is 22.1. The largest absolute Gasteiger partial charge is 0.309 e. The molecule has 294 valence electrons. The maximum atomic E-state index is 5.23. The Morgan fingerprint density at radius 2 is 0.810 bits per heavy atom. The molecule has 4 aromatic heterocycles. The van der Waals surface area contributed by atoms with E-state index in [1.807, 2.05) is 23.5 Å². The lowest BCUT2D eigenvalue weighted by Crippen LogP contribution is -2.03. The zero-order valence-corrected chi connectivity index (χ0v) is 34.8. The SMILES string of the molecule is c1ccc(-c2cc(-c3ccccc3)nc(-n3c4ccccc4c4cc(-c5ccc6c(c5)c5ccccc5n6-c5ccc(-c6cccc7c6sc6ccccc67)cc5)ccc43)n2)cc1. The molecule has 0 unspecified atom stereocenters. The molecular weight excluding hydrogens is 785 g/mol. The minimum absolute atomic E-state index is 0.647. The Bertz CT molecular complexity index is 3840. The molecular formula is C58H36N4S. The summed E-state index contributed by atoms with van der Waals surface area (Å²) in [6.45, 7) is 0. The van der Waals surface area contributed by atoms with Crippen molar-refractivity contribution in [3.63, 3.8) is 0 Å². The van der Waals surface area contributed by atoms with Crippen LogP contribution in [0.15, 0.2) is 218 Å². The Morgan fingerprint density at radius 1 is 0.317 bits per heavy atom. The summed E-state index contributed by atoms with van der Waals surface area (Å²) >= 11 is 1.88. The monoisotopic (exact) mass is 820 g/mol. The average molecular weight is 821 g/mol. The lowest BCUT2D eigenvalue weighted by molar-refractivity contribution is 0.995. The normalized spacial score (nSPS) is 11.8. The number of benzene rings is 9. The van der Waals surface area contributed by atoms with Crippen LogP contribution < -0.4 is 0 Å². The van der Waals surface area contributed by atoms with Crippen molar-refractivity contribution in [3.8, 4) is 56.4 Å². The maximum Gasteiger partial charge on any atom is 0.235 e. The zero-order chi connectivity index (χ0) is 41.4. The van der Waals surface area contributed by atoms with Gasteiger partial charge in [0.05, 0.1) is 33.5 Å². The number of aromatic nitrogens is 4. The molecule has 0 aliphatic rings. The van der Waals surface area contributed by atoms with Crippen molar-refractivity contribution in [2.45, 2.75) is 0 Å². The number of hydrogen-bond acceptors (Lipinski definition) is 3. The minimum Gasteiger partial charge on any atom is -0.309 e. The summed E-state index contributed by atoms with van der Waals surface area (Å²) in [6.07, 6.45) is 0. The summed E-state index contributed by atoms with van der Waals surface area (Å²) in [6, 6.07) is 78.5. The molecule has 0 aliphatic carbocycles. The third-order valence-corrected chi connectivity index (χ3v) is 13.8. The molecule has 9 aromatic carbocycles. The van der Waals surface area contributed by atoms with E-state index in [4.69, 9.17) is 9.97 Å². The molecule has 13 rings (SSSR count). The summed E-state index contributed by atoms with van der Waals surface area (Å²) in [7, 11) is 0. The van der Waals surface area contributed by atoms with Crippen LogP contribution in [-0.4, -0.2) is 19.1 Å². The first-order chi connectivity index (χ1) is 31.2. The van der Waals surface area contributed by atoms with Crippen molar-refractivity contribution in [2.75, 3.05) is 0 Å². The number of fused-ring (bicyclic) bond motifs is 9. The van der Waals surface area contributed by atoms with Gasteiger partial charge in [-0.25, -0.2) is 9.97 Å². The number of hydrogen-bond donors (Lipinski definition) is 0. The van der Waals surface area contributed by atoms with Gasteiger partial charge in [-0.3, -0.25) is 4.57 Å². The second-order valence-electron chi connectivity index (χ2n) is 16.2. The number of para-hydroxylation sites is 2. The van der Waals surface area contributed by atoms with Gasteiger partial charge in [0.15, 0.2) is 0 Å². The fourth-order valence-electron chi connectivity index (χ4n) is 9.61. The lowest BCUT2D eigenvalue weighted by Gasteiger charge is -2.12. The van der Waals surface area contributed by atoms with Crippen LogP contribution in [-0.2, 0) is 0 Å². The molecule has 13 aromatic rings. The van der Waals surface area contributed by atoms with E-state index >= 15 is 0 Å². The van der Waals surface area contributed by atoms with E-state index < -0.39 is 0 Å². The van der Waals surface area contributed by atoms with E-state index in [9.17, 15) is 0 Å². The quantitative estimate of drug-likeness (QED) is 0.167. The van der Waals surface area contributed by atoms with Gasteiger partial charge in [-0.2, -0.15) is 0 Å². The van der Waals surface area contributed by atoms with Crippen molar-refractivity contribution in [1.82, 2.24) is 19.1 Å². The van der Waals surface area contributed by atoms with E-state index in [-0.39, 0.29) is 0 Å². The molecule has 63 heavy (non-hydrogen) atoms. The van der Waals surface area contributed by atoms with Crippen LogP contribution in [0.5, 0.6) is 0 Å². The van der Waals surface area contributed by atoms with Crippen molar-refractivity contribution < 1.29 is 0 Å². The van der Waals surface area contributed by atoms with Gasteiger partial charge in [0.1, 0.15) is 0 Å².